The largest absolute Gasteiger partial charge is 2.00 e. The summed E-state index contributed by atoms with van der Waals surface area (Å²) in [6.07, 6.45) is 0. The molecular weight excluding hydrogens is 171 g/mol. The van der Waals surface area contributed by atoms with Gasteiger partial charge >= 0.3 is 52.6 Å². The van der Waals surface area contributed by atoms with Crippen molar-refractivity contribution in [3.8, 4) is 0 Å². The van der Waals surface area contributed by atoms with Crippen molar-refractivity contribution in [3.05, 3.63) is 30.6 Å². The molecule has 0 aromatic heterocycles. The van der Waals surface area contributed by atoms with Crippen molar-refractivity contribution in [1.29, 1.82) is 0 Å². The van der Waals surface area contributed by atoms with Crippen LogP contribution in [-0.4, -0.2) is 33.2 Å². The Balaban J connectivity index is -0.0000000300. The number of rotatable bonds is 0. The molecular formula is MgN2NaO6+. The predicted molar refractivity (Wildman–Crippen MR) is 26.5 cm³/mol. The molecule has 0 bridgehead atoms. The molecule has 0 aliphatic heterocycles. The van der Waals surface area contributed by atoms with Crippen LogP contribution in [0.25, 0.3) is 0 Å². The van der Waals surface area contributed by atoms with E-state index in [1.807, 2.05) is 0 Å². The van der Waals surface area contributed by atoms with Gasteiger partial charge in [0.2, 0.25) is 0 Å². The second-order valence-electron chi connectivity index (χ2n) is 0.447. The summed E-state index contributed by atoms with van der Waals surface area (Å²) in [5, 5.41) is 29.5. The molecule has 10 heavy (non-hydrogen) atoms. The molecule has 0 amide bonds. The van der Waals surface area contributed by atoms with E-state index in [1.54, 1.807) is 0 Å². The number of hydrogen-bond donors (Lipinski definition) is 0. The minimum absolute atomic E-state index is 0. The second kappa shape index (κ2) is 16.1. The molecule has 10 heteroatoms. The standard InChI is InChI=1S/Mg.2NO3.Na/c;2*2-1(3)4;/q+2;2*-1;+1. The molecule has 0 unspecified atom stereocenters. The third-order valence-corrected chi connectivity index (χ3v) is 0. The van der Waals surface area contributed by atoms with Crippen LogP contribution >= 0.6 is 0 Å². The second-order valence-corrected chi connectivity index (χ2v) is 0.447. The van der Waals surface area contributed by atoms with Crippen molar-refractivity contribution < 1.29 is 39.7 Å². The smallest absolute Gasteiger partial charge is 0.356 e. The third kappa shape index (κ3) is 15200. The van der Waals surface area contributed by atoms with Crippen LogP contribution in [0, 0.1) is 30.6 Å². The van der Waals surface area contributed by atoms with Gasteiger partial charge in [-0.3, -0.25) is 0 Å². The first-order valence-electron chi connectivity index (χ1n) is 1.10. The van der Waals surface area contributed by atoms with E-state index in [-0.39, 0.29) is 52.6 Å². The first kappa shape index (κ1) is 22.5. The fourth-order valence-corrected chi connectivity index (χ4v) is 0. The Labute approximate surface area is 92.9 Å². The molecule has 0 aliphatic rings. The maximum Gasteiger partial charge on any atom is 2.00 e. The molecule has 0 atom stereocenters. The minimum Gasteiger partial charge on any atom is -0.356 e. The van der Waals surface area contributed by atoms with Crippen LogP contribution in [0.5, 0.6) is 0 Å². The molecule has 0 aromatic carbocycles. The Morgan fingerprint density at radius 3 is 0.800 bits per heavy atom. The van der Waals surface area contributed by atoms with Gasteiger partial charge in [-0.05, 0) is 0 Å². The summed E-state index contributed by atoms with van der Waals surface area (Å²) in [4.78, 5) is 16.5. The molecule has 0 saturated heterocycles. The molecule has 0 heterocycles. The monoisotopic (exact) mass is 171 g/mol. The molecule has 0 N–H and O–H groups in total. The van der Waals surface area contributed by atoms with Crippen molar-refractivity contribution in [1.82, 2.24) is 0 Å². The zero-order valence-corrected chi connectivity index (χ0v) is 8.47. The van der Waals surface area contributed by atoms with Crippen LogP contribution in [0.15, 0.2) is 0 Å². The third-order valence-electron chi connectivity index (χ3n) is 0. The summed E-state index contributed by atoms with van der Waals surface area (Å²) >= 11 is 0. The van der Waals surface area contributed by atoms with E-state index >= 15 is 0 Å². The molecule has 0 spiro atoms. The van der Waals surface area contributed by atoms with E-state index < -0.39 is 10.2 Å². The maximum absolute atomic E-state index is 8.25. The van der Waals surface area contributed by atoms with Gasteiger partial charge in [0, 0.05) is 0 Å². The van der Waals surface area contributed by atoms with Crippen LogP contribution in [0.1, 0.15) is 0 Å². The van der Waals surface area contributed by atoms with Gasteiger partial charge in [0.05, 0.1) is 10.2 Å². The number of nitrogens with zero attached hydrogens (tertiary/aromatic N) is 2. The van der Waals surface area contributed by atoms with Crippen LogP contribution in [-0.2, 0) is 0 Å². The van der Waals surface area contributed by atoms with Crippen molar-refractivity contribution in [2.24, 2.45) is 0 Å². The van der Waals surface area contributed by atoms with Crippen molar-refractivity contribution in [2.75, 3.05) is 0 Å². The summed E-state index contributed by atoms with van der Waals surface area (Å²) in [6.45, 7) is 0. The molecule has 0 radical (unpaired) electrons. The average Bonchev–Trinajstić information content (AvgIpc) is 1.25. The van der Waals surface area contributed by atoms with Gasteiger partial charge in [-0.15, -0.1) is 0 Å². The first-order chi connectivity index (χ1) is 3.46. The van der Waals surface area contributed by atoms with E-state index in [1.165, 1.54) is 0 Å². The molecule has 48 valence electrons. The van der Waals surface area contributed by atoms with Gasteiger partial charge < -0.3 is 30.6 Å². The summed E-state index contributed by atoms with van der Waals surface area (Å²) in [6, 6.07) is 0. The SMILES string of the molecule is O=[N+]([O-])[O-].O=[N+]([O-])[O-].[Mg+2].[Na+]. The fraction of sp³-hybridized carbons (Fsp3) is 0. The zero-order chi connectivity index (χ0) is 7.15. The molecule has 8 nitrogen and oxygen atoms in total. The minimum atomic E-state index is -1.75. The Morgan fingerprint density at radius 2 is 0.800 bits per heavy atom. The Morgan fingerprint density at radius 1 is 0.800 bits per heavy atom. The van der Waals surface area contributed by atoms with Gasteiger partial charge in [-0.1, -0.05) is 0 Å². The van der Waals surface area contributed by atoms with Gasteiger partial charge in [-0.25, -0.2) is 0 Å². The van der Waals surface area contributed by atoms with E-state index in [2.05, 4.69) is 0 Å². The van der Waals surface area contributed by atoms with E-state index in [4.69, 9.17) is 30.6 Å². The van der Waals surface area contributed by atoms with E-state index in [0.29, 0.717) is 0 Å². The van der Waals surface area contributed by atoms with Crippen LogP contribution in [0.4, 0.5) is 0 Å². The summed E-state index contributed by atoms with van der Waals surface area (Å²) in [7, 11) is 0. The maximum atomic E-state index is 8.25. The van der Waals surface area contributed by atoms with Crippen molar-refractivity contribution >= 4 is 23.1 Å². The Bertz CT molecular complexity index is 73.7. The number of hydrogen-bond acceptors (Lipinski definition) is 6. The molecule has 0 aliphatic carbocycles. The quantitative estimate of drug-likeness (QED) is 0.208. The van der Waals surface area contributed by atoms with E-state index in [9.17, 15) is 0 Å². The summed E-state index contributed by atoms with van der Waals surface area (Å²) in [5.74, 6) is 0. The van der Waals surface area contributed by atoms with Crippen LogP contribution in [0.2, 0.25) is 0 Å². The normalized spacial score (nSPS) is 4.80. The first-order valence-corrected chi connectivity index (χ1v) is 1.10. The van der Waals surface area contributed by atoms with Crippen molar-refractivity contribution in [3.63, 3.8) is 0 Å². The van der Waals surface area contributed by atoms with Crippen LogP contribution < -0.4 is 29.6 Å². The Hall–Kier alpha value is 0.166. The zero-order valence-electron chi connectivity index (χ0n) is 5.05. The van der Waals surface area contributed by atoms with Gasteiger partial charge in [0.25, 0.3) is 0 Å². The van der Waals surface area contributed by atoms with Gasteiger partial charge in [0.1, 0.15) is 0 Å². The fourth-order valence-electron chi connectivity index (χ4n) is 0. The topological polar surface area (TPSA) is 132 Å². The molecule has 0 saturated carbocycles. The summed E-state index contributed by atoms with van der Waals surface area (Å²) < 4.78 is 0. The molecule has 0 fully saturated rings. The molecule has 0 aromatic rings. The van der Waals surface area contributed by atoms with Gasteiger partial charge in [-0.2, -0.15) is 0 Å². The summed E-state index contributed by atoms with van der Waals surface area (Å²) in [5.41, 5.74) is 0. The van der Waals surface area contributed by atoms with Crippen molar-refractivity contribution in [2.45, 2.75) is 0 Å². The average molecular weight is 171 g/mol. The van der Waals surface area contributed by atoms with E-state index in [0.717, 1.165) is 0 Å². The predicted octanol–water partition coefficient (Wildman–Crippen LogP) is -3.86. The Kier molecular flexibility index (Phi) is 36.1. The van der Waals surface area contributed by atoms with Gasteiger partial charge in [0.15, 0.2) is 0 Å². The molecule has 0 rings (SSSR count). The van der Waals surface area contributed by atoms with Crippen LogP contribution in [0.3, 0.4) is 0 Å².